The molecule has 4 nitrogen and oxygen atoms in total. The number of hydrogen-bond acceptors (Lipinski definition) is 2. The Hall–Kier alpha value is -2.36. The zero-order valence-corrected chi connectivity index (χ0v) is 8.27. The highest BCUT2D eigenvalue weighted by molar-refractivity contribution is 6.14. The minimum Gasteiger partial charge on any atom is -0.476 e. The monoisotopic (exact) mass is 212 g/mol. The van der Waals surface area contributed by atoms with Crippen LogP contribution in [0.15, 0.2) is 36.5 Å². The van der Waals surface area contributed by atoms with Crippen molar-refractivity contribution in [2.45, 2.75) is 0 Å². The number of rotatable bonds is 1. The molecule has 0 saturated carbocycles. The molecule has 1 aromatic carbocycles. The summed E-state index contributed by atoms with van der Waals surface area (Å²) in [6, 6.07) is 9.38. The van der Waals surface area contributed by atoms with Crippen LogP contribution >= 0.6 is 0 Å². The Morgan fingerprint density at radius 3 is 2.81 bits per heavy atom. The number of aromatic carboxylic acids is 1. The number of carbonyl (C=O) groups is 1. The van der Waals surface area contributed by atoms with Crippen molar-refractivity contribution in [1.29, 1.82) is 0 Å². The Bertz CT molecular complexity index is 700. The fraction of sp³-hybridized carbons (Fsp3) is 0. The minimum atomic E-state index is -1.00. The molecule has 4 heteroatoms. The van der Waals surface area contributed by atoms with Crippen molar-refractivity contribution < 1.29 is 9.90 Å². The number of carboxylic acids is 1. The van der Waals surface area contributed by atoms with Gasteiger partial charge in [-0.25, -0.2) is 9.78 Å². The Labute approximate surface area is 90.5 Å². The molecule has 3 rings (SSSR count). The van der Waals surface area contributed by atoms with Gasteiger partial charge in [0.2, 0.25) is 0 Å². The summed E-state index contributed by atoms with van der Waals surface area (Å²) in [5.41, 5.74) is 1.82. The molecule has 0 amide bonds. The second kappa shape index (κ2) is 3.06. The third-order valence-corrected chi connectivity index (χ3v) is 2.62. The molecule has 0 unspecified atom stereocenters. The highest BCUT2D eigenvalue weighted by Gasteiger charge is 2.14. The van der Waals surface area contributed by atoms with E-state index in [1.54, 1.807) is 6.07 Å². The van der Waals surface area contributed by atoms with Gasteiger partial charge >= 0.3 is 5.97 Å². The van der Waals surface area contributed by atoms with E-state index >= 15 is 0 Å². The third kappa shape index (κ3) is 1.10. The first-order chi connectivity index (χ1) is 7.77. The molecule has 0 aliphatic rings. The normalized spacial score (nSPS) is 11.0. The summed E-state index contributed by atoms with van der Waals surface area (Å²) in [7, 11) is 0. The Morgan fingerprint density at radius 2 is 2.00 bits per heavy atom. The summed E-state index contributed by atoms with van der Waals surface area (Å²) >= 11 is 0. The van der Waals surface area contributed by atoms with Gasteiger partial charge in [0.25, 0.3) is 0 Å². The first-order valence-corrected chi connectivity index (χ1v) is 4.86. The quantitative estimate of drug-likeness (QED) is 0.651. The van der Waals surface area contributed by atoms with E-state index in [1.807, 2.05) is 24.3 Å². The Morgan fingerprint density at radius 1 is 1.19 bits per heavy atom. The van der Waals surface area contributed by atoms with Crippen LogP contribution in [-0.2, 0) is 0 Å². The zero-order chi connectivity index (χ0) is 11.1. The molecule has 2 N–H and O–H groups in total. The van der Waals surface area contributed by atoms with E-state index in [4.69, 9.17) is 5.11 Å². The Kier molecular flexibility index (Phi) is 1.71. The third-order valence-electron chi connectivity index (χ3n) is 2.62. The van der Waals surface area contributed by atoms with E-state index < -0.39 is 5.97 Å². The molecule has 0 aliphatic heterocycles. The summed E-state index contributed by atoms with van der Waals surface area (Å²) in [5.74, 6) is -1.00. The van der Waals surface area contributed by atoms with Crippen LogP contribution in [-0.4, -0.2) is 21.0 Å². The first kappa shape index (κ1) is 8.91. The Balaban J connectivity index is 2.57. The zero-order valence-electron chi connectivity index (χ0n) is 8.27. The maximum Gasteiger partial charge on any atom is 0.355 e. The summed E-state index contributed by atoms with van der Waals surface area (Å²) in [6.07, 6.45) is 1.50. The van der Waals surface area contributed by atoms with Crippen LogP contribution in [0.1, 0.15) is 10.5 Å². The average molecular weight is 212 g/mol. The van der Waals surface area contributed by atoms with Crippen molar-refractivity contribution in [3.05, 3.63) is 42.2 Å². The van der Waals surface area contributed by atoms with E-state index in [-0.39, 0.29) is 5.69 Å². The number of pyridine rings is 1. The largest absolute Gasteiger partial charge is 0.476 e. The van der Waals surface area contributed by atoms with E-state index in [1.165, 1.54) is 6.20 Å². The van der Waals surface area contributed by atoms with Crippen LogP contribution < -0.4 is 0 Å². The number of aromatic nitrogens is 2. The first-order valence-electron chi connectivity index (χ1n) is 4.86. The number of para-hydroxylation sites is 1. The highest BCUT2D eigenvalue weighted by atomic mass is 16.4. The van der Waals surface area contributed by atoms with Crippen molar-refractivity contribution in [2.24, 2.45) is 0 Å². The lowest BCUT2D eigenvalue weighted by Gasteiger charge is -1.96. The SMILES string of the molecule is O=C(O)c1nccc2[nH]c3ccccc3c12. The van der Waals surface area contributed by atoms with E-state index in [0.29, 0.717) is 5.39 Å². The fourth-order valence-corrected chi connectivity index (χ4v) is 1.96. The standard InChI is InChI=1S/C12H8N2O2/c15-12(16)11-10-7-3-1-2-4-8(7)14-9(10)5-6-13-11/h1-6,14H,(H,15,16). The van der Waals surface area contributed by atoms with Gasteiger partial charge in [-0.05, 0) is 12.1 Å². The van der Waals surface area contributed by atoms with Gasteiger partial charge in [-0.3, -0.25) is 0 Å². The molecule has 0 radical (unpaired) electrons. The number of fused-ring (bicyclic) bond motifs is 3. The molecule has 78 valence electrons. The predicted octanol–water partition coefficient (Wildman–Crippen LogP) is 2.41. The molecule has 0 atom stereocenters. The van der Waals surface area contributed by atoms with Crippen LogP contribution in [0.5, 0.6) is 0 Å². The molecule has 0 aliphatic carbocycles. The number of nitrogens with one attached hydrogen (secondary N) is 1. The van der Waals surface area contributed by atoms with Crippen LogP contribution in [0, 0.1) is 0 Å². The molecular formula is C12H8N2O2. The molecule has 0 spiro atoms. The van der Waals surface area contributed by atoms with Crippen molar-refractivity contribution in [3.8, 4) is 0 Å². The second-order valence-corrected chi connectivity index (χ2v) is 3.56. The van der Waals surface area contributed by atoms with Crippen LogP contribution in [0.3, 0.4) is 0 Å². The van der Waals surface area contributed by atoms with Crippen molar-refractivity contribution in [1.82, 2.24) is 9.97 Å². The van der Waals surface area contributed by atoms with Crippen molar-refractivity contribution >= 4 is 27.8 Å². The lowest BCUT2D eigenvalue weighted by molar-refractivity contribution is 0.0693. The topological polar surface area (TPSA) is 66.0 Å². The number of hydrogen-bond donors (Lipinski definition) is 2. The summed E-state index contributed by atoms with van der Waals surface area (Å²) in [4.78, 5) is 18.2. The van der Waals surface area contributed by atoms with E-state index in [0.717, 1.165) is 16.4 Å². The summed E-state index contributed by atoms with van der Waals surface area (Å²) in [6.45, 7) is 0. The predicted molar refractivity (Wildman–Crippen MR) is 60.6 cm³/mol. The molecule has 3 aromatic rings. The maximum atomic E-state index is 11.1. The van der Waals surface area contributed by atoms with Gasteiger partial charge in [0.1, 0.15) is 0 Å². The number of nitrogens with zero attached hydrogens (tertiary/aromatic N) is 1. The smallest absolute Gasteiger partial charge is 0.355 e. The molecule has 0 fully saturated rings. The van der Waals surface area contributed by atoms with Crippen LogP contribution in [0.25, 0.3) is 21.8 Å². The van der Waals surface area contributed by atoms with Gasteiger partial charge in [0, 0.05) is 22.5 Å². The molecule has 0 bridgehead atoms. The minimum absolute atomic E-state index is 0.0925. The van der Waals surface area contributed by atoms with Gasteiger partial charge in [-0.2, -0.15) is 0 Å². The van der Waals surface area contributed by atoms with E-state index in [9.17, 15) is 4.79 Å². The van der Waals surface area contributed by atoms with Gasteiger partial charge in [0.05, 0.1) is 5.52 Å². The molecule has 2 heterocycles. The van der Waals surface area contributed by atoms with Gasteiger partial charge in [-0.1, -0.05) is 18.2 Å². The maximum absolute atomic E-state index is 11.1. The number of H-pyrrole nitrogens is 1. The molecule has 0 saturated heterocycles. The van der Waals surface area contributed by atoms with Crippen molar-refractivity contribution in [2.75, 3.05) is 0 Å². The van der Waals surface area contributed by atoms with Gasteiger partial charge in [-0.15, -0.1) is 0 Å². The fourth-order valence-electron chi connectivity index (χ4n) is 1.96. The van der Waals surface area contributed by atoms with E-state index in [2.05, 4.69) is 9.97 Å². The average Bonchev–Trinajstić information content (AvgIpc) is 2.66. The molecule has 16 heavy (non-hydrogen) atoms. The van der Waals surface area contributed by atoms with Gasteiger partial charge < -0.3 is 10.1 Å². The summed E-state index contributed by atoms with van der Waals surface area (Å²) < 4.78 is 0. The highest BCUT2D eigenvalue weighted by Crippen LogP contribution is 2.26. The number of carboxylic acid groups (broad SMARTS) is 1. The lowest BCUT2D eigenvalue weighted by atomic mass is 10.1. The summed E-state index contributed by atoms with van der Waals surface area (Å²) in [5, 5.41) is 10.6. The van der Waals surface area contributed by atoms with Crippen LogP contribution in [0.4, 0.5) is 0 Å². The van der Waals surface area contributed by atoms with Gasteiger partial charge in [0.15, 0.2) is 5.69 Å². The number of aromatic amines is 1. The number of benzene rings is 1. The van der Waals surface area contributed by atoms with Crippen molar-refractivity contribution in [3.63, 3.8) is 0 Å². The lowest BCUT2D eigenvalue weighted by Crippen LogP contribution is -1.99. The van der Waals surface area contributed by atoms with Crippen LogP contribution in [0.2, 0.25) is 0 Å². The second-order valence-electron chi connectivity index (χ2n) is 3.56. The molecular weight excluding hydrogens is 204 g/mol. The molecule has 2 aromatic heterocycles.